The number of nitrogens with two attached hydrogens (primary N) is 1. The fourth-order valence-corrected chi connectivity index (χ4v) is 6.56. The molecule has 150 valence electrons. The number of imidazole rings is 1. The fraction of sp³-hybridized carbons (Fsp3) is 0.238. The third kappa shape index (κ3) is 2.80. The van der Waals surface area contributed by atoms with Gasteiger partial charge in [-0.25, -0.2) is 15.0 Å². The van der Waals surface area contributed by atoms with E-state index in [1.54, 1.807) is 17.5 Å². The minimum Gasteiger partial charge on any atom is -0.397 e. The molecule has 2 N–H and O–H groups in total. The lowest BCUT2D eigenvalue weighted by molar-refractivity contribution is 0.522. The van der Waals surface area contributed by atoms with Gasteiger partial charge in [0, 0.05) is 59.8 Å². The van der Waals surface area contributed by atoms with Crippen LogP contribution in [0, 0.1) is 0 Å². The topological polar surface area (TPSA) is 86.9 Å². The summed E-state index contributed by atoms with van der Waals surface area (Å²) in [6, 6.07) is 4.12. The van der Waals surface area contributed by atoms with Crippen LogP contribution in [0.1, 0.15) is 19.3 Å². The second kappa shape index (κ2) is 6.82. The molecule has 0 radical (unpaired) electrons. The van der Waals surface area contributed by atoms with E-state index in [9.17, 15) is 0 Å². The molecule has 1 fully saturated rings. The first-order chi connectivity index (χ1) is 14.7. The normalized spacial score (nSPS) is 14.6. The molecule has 5 aromatic rings. The van der Waals surface area contributed by atoms with Crippen LogP contribution in [-0.4, -0.2) is 34.4 Å². The molecule has 5 aromatic heterocycles. The summed E-state index contributed by atoms with van der Waals surface area (Å²) in [6.45, 7) is 0. The van der Waals surface area contributed by atoms with Gasteiger partial charge in [-0.15, -0.1) is 23.1 Å². The van der Waals surface area contributed by atoms with E-state index in [0.717, 1.165) is 38.4 Å². The second-order valence-electron chi connectivity index (χ2n) is 7.53. The zero-order valence-electron chi connectivity index (χ0n) is 16.3. The number of pyridine rings is 1. The van der Waals surface area contributed by atoms with Crippen molar-refractivity contribution in [3.05, 3.63) is 43.1 Å². The molecule has 0 saturated heterocycles. The third-order valence-electron chi connectivity index (χ3n) is 5.63. The molecule has 0 spiro atoms. The highest BCUT2D eigenvalue weighted by Gasteiger charge is 2.24. The Labute approximate surface area is 181 Å². The summed E-state index contributed by atoms with van der Waals surface area (Å²) in [5, 5.41) is 6.07. The van der Waals surface area contributed by atoms with Gasteiger partial charge in [-0.2, -0.15) is 5.10 Å². The SMILES string of the molecule is Cn1nccc1-c1cc(-c2cnc3nccn3c2)nc2sc(SC3CCC3)c(N)c12. The summed E-state index contributed by atoms with van der Waals surface area (Å²) in [4.78, 5) is 14.6. The van der Waals surface area contributed by atoms with E-state index < -0.39 is 0 Å². The van der Waals surface area contributed by atoms with Gasteiger partial charge in [0.1, 0.15) is 4.83 Å². The second-order valence-corrected chi connectivity index (χ2v) is 10.1. The minimum absolute atomic E-state index is 0.672. The van der Waals surface area contributed by atoms with Crippen molar-refractivity contribution in [2.24, 2.45) is 7.05 Å². The summed E-state index contributed by atoms with van der Waals surface area (Å²) in [5.41, 5.74) is 11.4. The number of thioether (sulfide) groups is 1. The highest BCUT2D eigenvalue weighted by Crippen LogP contribution is 2.48. The first-order valence-corrected chi connectivity index (χ1v) is 11.5. The van der Waals surface area contributed by atoms with Crippen molar-refractivity contribution in [2.45, 2.75) is 28.7 Å². The highest BCUT2D eigenvalue weighted by atomic mass is 32.2. The summed E-state index contributed by atoms with van der Waals surface area (Å²) >= 11 is 3.59. The molecule has 0 bridgehead atoms. The van der Waals surface area contributed by atoms with Gasteiger partial charge in [0.25, 0.3) is 0 Å². The van der Waals surface area contributed by atoms with E-state index in [4.69, 9.17) is 10.7 Å². The van der Waals surface area contributed by atoms with Crippen molar-refractivity contribution in [3.63, 3.8) is 0 Å². The average molecular weight is 434 g/mol. The number of aryl methyl sites for hydroxylation is 1. The summed E-state index contributed by atoms with van der Waals surface area (Å²) in [6.07, 6.45) is 13.1. The molecule has 6 rings (SSSR count). The number of thiophene rings is 1. The number of nitrogen functional groups attached to an aromatic ring is 1. The Hall–Kier alpha value is -2.91. The van der Waals surface area contributed by atoms with E-state index in [1.807, 2.05) is 58.7 Å². The van der Waals surface area contributed by atoms with Gasteiger partial charge >= 0.3 is 0 Å². The zero-order chi connectivity index (χ0) is 20.2. The van der Waals surface area contributed by atoms with Gasteiger partial charge < -0.3 is 5.73 Å². The maximum atomic E-state index is 6.67. The molecular formula is C21H19N7S2. The van der Waals surface area contributed by atoms with Gasteiger partial charge in [0.15, 0.2) is 0 Å². The maximum Gasteiger partial charge on any atom is 0.233 e. The lowest BCUT2D eigenvalue weighted by Crippen LogP contribution is -2.12. The van der Waals surface area contributed by atoms with Crippen molar-refractivity contribution in [3.8, 4) is 22.5 Å². The molecule has 0 amide bonds. The molecule has 1 saturated carbocycles. The molecule has 1 aliphatic carbocycles. The Morgan fingerprint density at radius 2 is 2.13 bits per heavy atom. The van der Waals surface area contributed by atoms with E-state index in [1.165, 1.54) is 23.5 Å². The standard InChI is InChI=1S/C21H19N7S2/c1-27-16(5-6-25-27)14-9-15(12-10-24-21-23-7-8-28(21)11-12)26-19-17(14)18(22)20(30-19)29-13-3-2-4-13/h5-11,13H,2-4,22H2,1H3. The highest BCUT2D eigenvalue weighted by molar-refractivity contribution is 8.02. The number of fused-ring (bicyclic) bond motifs is 2. The molecule has 30 heavy (non-hydrogen) atoms. The van der Waals surface area contributed by atoms with Crippen molar-refractivity contribution in [1.29, 1.82) is 0 Å². The van der Waals surface area contributed by atoms with Crippen LogP contribution in [0.25, 0.3) is 38.5 Å². The molecule has 0 unspecified atom stereocenters. The van der Waals surface area contributed by atoms with Crippen molar-refractivity contribution < 1.29 is 0 Å². The molecule has 0 aliphatic heterocycles. The number of aromatic nitrogens is 6. The predicted molar refractivity (Wildman–Crippen MR) is 122 cm³/mol. The molecule has 9 heteroatoms. The first kappa shape index (κ1) is 17.9. The molecule has 0 atom stereocenters. The van der Waals surface area contributed by atoms with Gasteiger partial charge in [0.05, 0.1) is 21.3 Å². The number of hydrogen-bond donors (Lipinski definition) is 1. The molecule has 7 nitrogen and oxygen atoms in total. The average Bonchev–Trinajstić information content (AvgIpc) is 3.42. The predicted octanol–water partition coefficient (Wildman–Crippen LogP) is 4.63. The summed E-state index contributed by atoms with van der Waals surface area (Å²) < 4.78 is 4.96. The van der Waals surface area contributed by atoms with Gasteiger partial charge in [-0.1, -0.05) is 6.42 Å². The maximum absolute atomic E-state index is 6.67. The van der Waals surface area contributed by atoms with E-state index in [0.29, 0.717) is 11.0 Å². The number of anilines is 1. The molecule has 0 aromatic carbocycles. The Balaban J connectivity index is 1.58. The van der Waals surface area contributed by atoms with E-state index >= 15 is 0 Å². The summed E-state index contributed by atoms with van der Waals surface area (Å²) in [7, 11) is 1.95. The van der Waals surface area contributed by atoms with Gasteiger partial charge in [0.2, 0.25) is 5.78 Å². The lowest BCUT2D eigenvalue weighted by atomic mass is 10.0. The van der Waals surface area contributed by atoms with Crippen molar-refractivity contribution in [2.75, 3.05) is 5.73 Å². The number of hydrogen-bond acceptors (Lipinski definition) is 7. The van der Waals surface area contributed by atoms with Crippen LogP contribution >= 0.6 is 23.1 Å². The molecule has 1 aliphatic rings. The van der Waals surface area contributed by atoms with Crippen LogP contribution in [0.4, 0.5) is 5.69 Å². The smallest absolute Gasteiger partial charge is 0.233 e. The lowest BCUT2D eigenvalue weighted by Gasteiger charge is -2.23. The Morgan fingerprint density at radius 1 is 1.23 bits per heavy atom. The van der Waals surface area contributed by atoms with Crippen LogP contribution in [0.15, 0.2) is 47.3 Å². The number of rotatable bonds is 4. The Morgan fingerprint density at radius 3 is 2.90 bits per heavy atom. The van der Waals surface area contributed by atoms with Gasteiger partial charge in [-0.05, 0) is 25.0 Å². The van der Waals surface area contributed by atoms with Crippen molar-refractivity contribution in [1.82, 2.24) is 29.1 Å². The van der Waals surface area contributed by atoms with Crippen LogP contribution < -0.4 is 5.73 Å². The molecular weight excluding hydrogens is 414 g/mol. The van der Waals surface area contributed by atoms with Crippen molar-refractivity contribution >= 4 is 44.8 Å². The fourth-order valence-electron chi connectivity index (χ4n) is 3.76. The Bertz CT molecular complexity index is 1390. The third-order valence-corrected chi connectivity index (χ3v) is 8.30. The first-order valence-electron chi connectivity index (χ1n) is 9.84. The van der Waals surface area contributed by atoms with E-state index in [-0.39, 0.29) is 0 Å². The largest absolute Gasteiger partial charge is 0.397 e. The zero-order valence-corrected chi connectivity index (χ0v) is 18.0. The monoisotopic (exact) mass is 433 g/mol. The molecule has 5 heterocycles. The van der Waals surface area contributed by atoms with Crippen LogP contribution in [0.2, 0.25) is 0 Å². The van der Waals surface area contributed by atoms with Crippen LogP contribution in [-0.2, 0) is 7.05 Å². The van der Waals surface area contributed by atoms with E-state index in [2.05, 4.69) is 21.1 Å². The van der Waals surface area contributed by atoms with Crippen LogP contribution in [0.5, 0.6) is 0 Å². The quantitative estimate of drug-likeness (QED) is 0.444. The van der Waals surface area contributed by atoms with Gasteiger partial charge in [-0.3, -0.25) is 9.08 Å². The summed E-state index contributed by atoms with van der Waals surface area (Å²) in [5.74, 6) is 0.672. The minimum atomic E-state index is 0.672. The van der Waals surface area contributed by atoms with Crippen LogP contribution in [0.3, 0.4) is 0 Å². The Kier molecular flexibility index (Phi) is 4.07. The number of nitrogens with zero attached hydrogens (tertiary/aromatic N) is 6.